The summed E-state index contributed by atoms with van der Waals surface area (Å²) in [6.07, 6.45) is -2.36. The number of nitrogens with one attached hydrogen (secondary N) is 2. The van der Waals surface area contributed by atoms with Gasteiger partial charge in [-0.1, -0.05) is 0 Å². The SMILES string of the molecule is C[C@H]1CN(c2cc(F)cc3c2N=C(C2CC2)NS3)[C@@H](C(F)(F)F)CN1. The third-order valence-corrected chi connectivity index (χ3v) is 5.52. The Hall–Kier alpha value is -1.48. The van der Waals surface area contributed by atoms with E-state index in [2.05, 4.69) is 15.0 Å². The molecule has 3 aliphatic rings. The number of rotatable bonds is 2. The van der Waals surface area contributed by atoms with E-state index in [0.717, 1.165) is 18.7 Å². The van der Waals surface area contributed by atoms with Gasteiger partial charge in [-0.2, -0.15) is 13.2 Å². The predicted octanol–water partition coefficient (Wildman–Crippen LogP) is 3.61. The summed E-state index contributed by atoms with van der Waals surface area (Å²) in [5, 5.41) is 2.86. The maximum absolute atomic E-state index is 14.1. The molecule has 1 saturated carbocycles. The smallest absolute Gasteiger partial charge is 0.355 e. The van der Waals surface area contributed by atoms with Crippen molar-refractivity contribution in [1.29, 1.82) is 0 Å². The number of fused-ring (bicyclic) bond motifs is 1. The fourth-order valence-electron chi connectivity index (χ4n) is 3.22. The number of hydrogen-bond donors (Lipinski definition) is 2. The van der Waals surface area contributed by atoms with Crippen LogP contribution in [0.4, 0.5) is 28.9 Å². The zero-order chi connectivity index (χ0) is 17.8. The van der Waals surface area contributed by atoms with E-state index >= 15 is 0 Å². The van der Waals surface area contributed by atoms with Gasteiger partial charge in [0.1, 0.15) is 23.4 Å². The average Bonchev–Trinajstić information content (AvgIpc) is 3.37. The summed E-state index contributed by atoms with van der Waals surface area (Å²) in [7, 11) is 0. The molecule has 0 aromatic heterocycles. The van der Waals surface area contributed by atoms with Gasteiger partial charge < -0.3 is 14.9 Å². The number of benzene rings is 1. The van der Waals surface area contributed by atoms with Crippen molar-refractivity contribution in [2.24, 2.45) is 10.9 Å². The highest BCUT2D eigenvalue weighted by Gasteiger charge is 2.47. The first kappa shape index (κ1) is 17.0. The van der Waals surface area contributed by atoms with Crippen LogP contribution in [0.2, 0.25) is 0 Å². The maximum atomic E-state index is 14.1. The zero-order valence-electron chi connectivity index (χ0n) is 13.5. The fraction of sp³-hybridized carbons (Fsp3) is 0.562. The molecular formula is C16H18F4N4S. The van der Waals surface area contributed by atoms with E-state index < -0.39 is 18.0 Å². The molecule has 0 radical (unpaired) electrons. The lowest BCUT2D eigenvalue weighted by atomic mass is 10.1. The van der Waals surface area contributed by atoms with E-state index in [1.54, 1.807) is 0 Å². The van der Waals surface area contributed by atoms with Crippen LogP contribution in [0.3, 0.4) is 0 Å². The Labute approximate surface area is 147 Å². The Morgan fingerprint density at radius 1 is 1.28 bits per heavy atom. The Morgan fingerprint density at radius 2 is 2.04 bits per heavy atom. The molecule has 0 spiro atoms. The average molecular weight is 374 g/mol. The second-order valence-electron chi connectivity index (χ2n) is 6.77. The highest BCUT2D eigenvalue weighted by molar-refractivity contribution is 7.98. The Bertz CT molecular complexity index is 717. The highest BCUT2D eigenvalue weighted by Crippen LogP contribution is 2.45. The first-order chi connectivity index (χ1) is 11.8. The van der Waals surface area contributed by atoms with Crippen LogP contribution >= 0.6 is 11.9 Å². The molecule has 4 nitrogen and oxygen atoms in total. The lowest BCUT2D eigenvalue weighted by Crippen LogP contribution is -2.61. The molecule has 4 rings (SSSR count). The van der Waals surface area contributed by atoms with Gasteiger partial charge in [0.2, 0.25) is 0 Å². The van der Waals surface area contributed by atoms with Crippen molar-refractivity contribution in [3.05, 3.63) is 17.9 Å². The predicted molar refractivity (Wildman–Crippen MR) is 89.9 cm³/mol. The van der Waals surface area contributed by atoms with Crippen LogP contribution in [0.15, 0.2) is 22.0 Å². The Balaban J connectivity index is 1.79. The largest absolute Gasteiger partial charge is 0.409 e. The first-order valence-electron chi connectivity index (χ1n) is 8.24. The van der Waals surface area contributed by atoms with E-state index in [1.807, 2.05) is 6.92 Å². The van der Waals surface area contributed by atoms with E-state index in [9.17, 15) is 17.6 Å². The van der Waals surface area contributed by atoms with Gasteiger partial charge in [-0.05, 0) is 43.8 Å². The van der Waals surface area contributed by atoms with Crippen molar-refractivity contribution < 1.29 is 17.6 Å². The second-order valence-corrected chi connectivity index (χ2v) is 7.61. The fourth-order valence-corrected chi connectivity index (χ4v) is 4.07. The Morgan fingerprint density at radius 3 is 2.72 bits per heavy atom. The summed E-state index contributed by atoms with van der Waals surface area (Å²) in [5.41, 5.74) is 0.660. The molecule has 2 N–H and O–H groups in total. The number of nitrogens with zero attached hydrogens (tertiary/aromatic N) is 2. The topological polar surface area (TPSA) is 39.7 Å². The second kappa shape index (κ2) is 6.05. The van der Waals surface area contributed by atoms with Crippen LogP contribution in [-0.2, 0) is 0 Å². The van der Waals surface area contributed by atoms with Crippen LogP contribution < -0.4 is 14.9 Å². The summed E-state index contributed by atoms with van der Waals surface area (Å²) in [4.78, 5) is 6.33. The molecule has 0 amide bonds. The van der Waals surface area contributed by atoms with Crippen molar-refractivity contribution in [3.63, 3.8) is 0 Å². The first-order valence-corrected chi connectivity index (χ1v) is 9.06. The minimum atomic E-state index is -4.41. The lowest BCUT2D eigenvalue weighted by Gasteiger charge is -2.42. The normalized spacial score (nSPS) is 26.8. The van der Waals surface area contributed by atoms with Crippen molar-refractivity contribution in [2.75, 3.05) is 18.0 Å². The number of anilines is 1. The van der Waals surface area contributed by atoms with Gasteiger partial charge in [0.25, 0.3) is 0 Å². The van der Waals surface area contributed by atoms with Crippen LogP contribution in [0.5, 0.6) is 0 Å². The van der Waals surface area contributed by atoms with Crippen molar-refractivity contribution in [3.8, 4) is 0 Å². The van der Waals surface area contributed by atoms with Crippen LogP contribution in [0.25, 0.3) is 0 Å². The maximum Gasteiger partial charge on any atom is 0.409 e. The van der Waals surface area contributed by atoms with E-state index in [0.29, 0.717) is 16.5 Å². The molecule has 136 valence electrons. The molecule has 2 atom stereocenters. The van der Waals surface area contributed by atoms with Crippen LogP contribution in [0.1, 0.15) is 19.8 Å². The van der Waals surface area contributed by atoms with Crippen LogP contribution in [0, 0.1) is 11.7 Å². The lowest BCUT2D eigenvalue weighted by molar-refractivity contribution is -0.150. The molecule has 25 heavy (non-hydrogen) atoms. The summed E-state index contributed by atoms with van der Waals surface area (Å²) >= 11 is 1.22. The molecule has 1 saturated heterocycles. The van der Waals surface area contributed by atoms with Gasteiger partial charge in [-0.15, -0.1) is 0 Å². The van der Waals surface area contributed by atoms with Crippen molar-refractivity contribution in [2.45, 2.75) is 42.9 Å². The highest BCUT2D eigenvalue weighted by atomic mass is 32.2. The molecule has 1 aliphatic carbocycles. The van der Waals surface area contributed by atoms with Gasteiger partial charge in [0.05, 0.1) is 10.6 Å². The van der Waals surface area contributed by atoms with Crippen LogP contribution in [-0.4, -0.2) is 37.2 Å². The molecule has 0 bridgehead atoms. The van der Waals surface area contributed by atoms with Gasteiger partial charge in [0.15, 0.2) is 0 Å². The molecule has 2 fully saturated rings. The molecule has 2 aliphatic heterocycles. The molecule has 0 unspecified atom stereocenters. The molecule has 2 heterocycles. The van der Waals surface area contributed by atoms with Gasteiger partial charge >= 0.3 is 6.18 Å². The van der Waals surface area contributed by atoms with E-state index in [4.69, 9.17) is 0 Å². The van der Waals surface area contributed by atoms with Gasteiger partial charge in [-0.3, -0.25) is 0 Å². The Kier molecular flexibility index (Phi) is 4.10. The van der Waals surface area contributed by atoms with Crippen molar-refractivity contribution >= 4 is 29.2 Å². The standard InChI is InChI=1S/C16H18F4N4S/c1-8-7-24(13(6-21-8)16(18,19)20)11-4-10(17)5-12-14(11)22-15(23-25-12)9-2-3-9/h4-5,8-9,13,21H,2-3,6-7H2,1H3,(H,22,23)/t8-,13+/m0/s1. The number of piperazine rings is 1. The van der Waals surface area contributed by atoms with E-state index in [1.165, 1.54) is 29.0 Å². The van der Waals surface area contributed by atoms with Crippen molar-refractivity contribution in [1.82, 2.24) is 10.0 Å². The number of amidine groups is 1. The number of alkyl halides is 3. The number of hydrogen-bond acceptors (Lipinski definition) is 5. The number of aliphatic imine (C=N–C) groups is 1. The minimum Gasteiger partial charge on any atom is -0.355 e. The summed E-state index contributed by atoms with van der Waals surface area (Å²) in [5.74, 6) is 0.552. The third kappa shape index (κ3) is 3.31. The molecule has 9 heteroatoms. The summed E-state index contributed by atoms with van der Waals surface area (Å²) < 4.78 is 57.7. The van der Waals surface area contributed by atoms with E-state index in [-0.39, 0.29) is 24.8 Å². The minimum absolute atomic E-state index is 0.126. The molecule has 1 aromatic rings. The quantitative estimate of drug-likeness (QED) is 0.613. The zero-order valence-corrected chi connectivity index (χ0v) is 14.3. The monoisotopic (exact) mass is 374 g/mol. The third-order valence-electron chi connectivity index (χ3n) is 4.68. The van der Waals surface area contributed by atoms with Gasteiger partial charge in [-0.25, -0.2) is 9.38 Å². The molecular weight excluding hydrogens is 356 g/mol. The summed E-state index contributed by atoms with van der Waals surface area (Å²) in [6.45, 7) is 1.74. The molecule has 1 aromatic carbocycles. The number of halogens is 4. The van der Waals surface area contributed by atoms with Gasteiger partial charge in [0, 0.05) is 25.0 Å². The summed E-state index contributed by atoms with van der Waals surface area (Å²) in [6, 6.07) is 0.667.